The van der Waals surface area contributed by atoms with E-state index in [4.69, 9.17) is 11.6 Å². The maximum absolute atomic E-state index is 13.8. The van der Waals surface area contributed by atoms with E-state index in [1.54, 1.807) is 12.1 Å². The van der Waals surface area contributed by atoms with Crippen LogP contribution >= 0.6 is 11.6 Å². The molecule has 21 heavy (non-hydrogen) atoms. The van der Waals surface area contributed by atoms with Crippen LogP contribution in [0, 0.1) is 19.7 Å². The zero-order chi connectivity index (χ0) is 15.8. The molecule has 0 bridgehead atoms. The Labute approximate surface area is 125 Å². The number of hydrogen-bond acceptors (Lipinski definition) is 0. The number of alkyl halides is 4. The predicted octanol–water partition coefficient (Wildman–Crippen LogP) is 5.79. The van der Waals surface area contributed by atoms with E-state index in [0.717, 1.165) is 23.3 Å². The summed E-state index contributed by atoms with van der Waals surface area (Å²) in [4.78, 5) is 0. The molecular weight excluding hydrogens is 304 g/mol. The zero-order valence-corrected chi connectivity index (χ0v) is 12.2. The van der Waals surface area contributed by atoms with Crippen molar-refractivity contribution in [1.82, 2.24) is 0 Å². The maximum atomic E-state index is 13.8. The van der Waals surface area contributed by atoms with Crippen molar-refractivity contribution in [3.8, 4) is 0 Å². The van der Waals surface area contributed by atoms with E-state index in [-0.39, 0.29) is 5.56 Å². The summed E-state index contributed by atoms with van der Waals surface area (Å²) in [7, 11) is 0. The van der Waals surface area contributed by atoms with Crippen LogP contribution in [0.4, 0.5) is 17.6 Å². The largest absolute Gasteiger partial charge is 0.416 e. The molecule has 0 saturated carbocycles. The Balaban J connectivity index is 2.47. The highest BCUT2D eigenvalue weighted by atomic mass is 35.5. The second-order valence-corrected chi connectivity index (χ2v) is 5.38. The van der Waals surface area contributed by atoms with Gasteiger partial charge in [-0.25, -0.2) is 4.39 Å². The van der Waals surface area contributed by atoms with Crippen LogP contribution in [-0.4, -0.2) is 0 Å². The van der Waals surface area contributed by atoms with Crippen molar-refractivity contribution in [2.45, 2.75) is 25.4 Å². The van der Waals surface area contributed by atoms with Crippen molar-refractivity contribution in [1.29, 1.82) is 0 Å². The molecule has 0 radical (unpaired) electrons. The fraction of sp³-hybridized carbons (Fsp3) is 0.250. The molecule has 0 aromatic heterocycles. The number of hydrogen-bond donors (Lipinski definition) is 0. The van der Waals surface area contributed by atoms with Crippen LogP contribution in [-0.2, 0) is 6.18 Å². The predicted molar refractivity (Wildman–Crippen MR) is 75.0 cm³/mol. The molecule has 5 heteroatoms. The molecule has 0 fully saturated rings. The van der Waals surface area contributed by atoms with Gasteiger partial charge in [0.1, 0.15) is 5.82 Å². The van der Waals surface area contributed by atoms with E-state index in [9.17, 15) is 17.6 Å². The smallest absolute Gasteiger partial charge is 0.207 e. The molecular formula is C16H13ClF4. The summed E-state index contributed by atoms with van der Waals surface area (Å²) < 4.78 is 52.0. The first-order valence-electron chi connectivity index (χ1n) is 6.28. The number of rotatable bonds is 2. The Kier molecular flexibility index (Phi) is 4.28. The summed E-state index contributed by atoms with van der Waals surface area (Å²) in [5, 5.41) is -0.966. The Hall–Kier alpha value is -1.55. The molecule has 112 valence electrons. The fourth-order valence-corrected chi connectivity index (χ4v) is 2.32. The summed E-state index contributed by atoms with van der Waals surface area (Å²) in [6.45, 7) is 3.78. The van der Waals surface area contributed by atoms with Gasteiger partial charge in [0.15, 0.2) is 0 Å². The minimum atomic E-state index is -4.53. The molecule has 0 aliphatic heterocycles. The first kappa shape index (κ1) is 15.8. The van der Waals surface area contributed by atoms with Crippen LogP contribution in [0.2, 0.25) is 0 Å². The fourth-order valence-electron chi connectivity index (χ4n) is 2.02. The van der Waals surface area contributed by atoms with Crippen molar-refractivity contribution in [2.75, 3.05) is 0 Å². The lowest BCUT2D eigenvalue weighted by molar-refractivity contribution is -0.137. The van der Waals surface area contributed by atoms with Crippen molar-refractivity contribution in [3.05, 3.63) is 70.0 Å². The van der Waals surface area contributed by atoms with Crippen LogP contribution in [0.25, 0.3) is 0 Å². The molecule has 0 aliphatic carbocycles. The topological polar surface area (TPSA) is 0 Å². The van der Waals surface area contributed by atoms with Gasteiger partial charge >= 0.3 is 6.18 Å². The molecule has 0 amide bonds. The summed E-state index contributed by atoms with van der Waals surface area (Å²) in [5.74, 6) is -0.749. The van der Waals surface area contributed by atoms with Crippen LogP contribution in [0.15, 0.2) is 36.4 Å². The van der Waals surface area contributed by atoms with Gasteiger partial charge in [0.2, 0.25) is 0 Å². The van der Waals surface area contributed by atoms with Crippen LogP contribution < -0.4 is 0 Å². The van der Waals surface area contributed by atoms with Gasteiger partial charge in [-0.3, -0.25) is 0 Å². The van der Waals surface area contributed by atoms with Gasteiger partial charge < -0.3 is 0 Å². The summed E-state index contributed by atoms with van der Waals surface area (Å²) >= 11 is 6.18. The van der Waals surface area contributed by atoms with E-state index in [1.807, 2.05) is 19.9 Å². The van der Waals surface area contributed by atoms with Gasteiger partial charge in [-0.2, -0.15) is 13.2 Å². The average Bonchev–Trinajstić information content (AvgIpc) is 2.40. The quantitative estimate of drug-likeness (QED) is 0.486. The minimum absolute atomic E-state index is 0.172. The molecule has 2 aromatic rings. The maximum Gasteiger partial charge on any atom is 0.416 e. The SMILES string of the molecule is Cc1ccc(C(Cl)c2cc(C(F)(F)F)ccc2F)cc1C. The Bertz CT molecular complexity index is 662. The number of halogens is 5. The molecule has 2 aromatic carbocycles. The summed E-state index contributed by atoms with van der Waals surface area (Å²) in [6, 6.07) is 7.54. The monoisotopic (exact) mass is 316 g/mol. The zero-order valence-electron chi connectivity index (χ0n) is 11.4. The van der Waals surface area contributed by atoms with Gasteiger partial charge in [-0.15, -0.1) is 11.6 Å². The number of aryl methyl sites for hydroxylation is 2. The van der Waals surface area contributed by atoms with Crippen molar-refractivity contribution < 1.29 is 17.6 Å². The van der Waals surface area contributed by atoms with Crippen molar-refractivity contribution in [3.63, 3.8) is 0 Å². The van der Waals surface area contributed by atoms with E-state index < -0.39 is 22.9 Å². The molecule has 0 nitrogen and oxygen atoms in total. The molecule has 2 rings (SSSR count). The molecule has 0 saturated heterocycles. The lowest BCUT2D eigenvalue weighted by Crippen LogP contribution is -2.07. The van der Waals surface area contributed by atoms with Crippen LogP contribution in [0.5, 0.6) is 0 Å². The first-order chi connectivity index (χ1) is 9.70. The third kappa shape index (κ3) is 3.38. The minimum Gasteiger partial charge on any atom is -0.207 e. The van der Waals surface area contributed by atoms with E-state index >= 15 is 0 Å². The average molecular weight is 317 g/mol. The molecule has 0 aliphatic rings. The lowest BCUT2D eigenvalue weighted by Gasteiger charge is -2.15. The Morgan fingerprint density at radius 2 is 1.62 bits per heavy atom. The Morgan fingerprint density at radius 1 is 0.952 bits per heavy atom. The van der Waals surface area contributed by atoms with Gasteiger partial charge in [0.25, 0.3) is 0 Å². The van der Waals surface area contributed by atoms with Crippen molar-refractivity contribution >= 4 is 11.6 Å². The van der Waals surface area contributed by atoms with E-state index in [1.165, 1.54) is 0 Å². The second-order valence-electron chi connectivity index (χ2n) is 4.94. The molecule has 1 atom stereocenters. The third-order valence-electron chi connectivity index (χ3n) is 3.42. The summed E-state index contributed by atoms with van der Waals surface area (Å²) in [5.41, 5.74) is 1.47. The normalized spacial score (nSPS) is 13.3. The second kappa shape index (κ2) is 5.68. The van der Waals surface area contributed by atoms with Gasteiger partial charge in [-0.05, 0) is 48.7 Å². The molecule has 0 N–H and O–H groups in total. The van der Waals surface area contributed by atoms with E-state index in [0.29, 0.717) is 11.6 Å². The van der Waals surface area contributed by atoms with Gasteiger partial charge in [0.05, 0.1) is 10.9 Å². The van der Waals surface area contributed by atoms with Crippen LogP contribution in [0.3, 0.4) is 0 Å². The number of benzene rings is 2. The highest BCUT2D eigenvalue weighted by molar-refractivity contribution is 6.22. The lowest BCUT2D eigenvalue weighted by atomic mass is 9.98. The highest BCUT2D eigenvalue weighted by Gasteiger charge is 2.32. The standard InChI is InChI=1S/C16H13ClF4/c1-9-3-4-11(7-10(9)2)15(17)13-8-12(16(19,20)21)5-6-14(13)18/h3-8,15H,1-2H3. The van der Waals surface area contributed by atoms with Gasteiger partial charge in [-0.1, -0.05) is 18.2 Å². The molecule has 0 spiro atoms. The van der Waals surface area contributed by atoms with Gasteiger partial charge in [0, 0.05) is 5.56 Å². The van der Waals surface area contributed by atoms with E-state index in [2.05, 4.69) is 0 Å². The van der Waals surface area contributed by atoms with Crippen molar-refractivity contribution in [2.24, 2.45) is 0 Å². The van der Waals surface area contributed by atoms with Crippen LogP contribution in [0.1, 0.15) is 33.2 Å². The highest BCUT2D eigenvalue weighted by Crippen LogP contribution is 2.36. The third-order valence-corrected chi connectivity index (χ3v) is 3.91. The Morgan fingerprint density at radius 3 is 2.19 bits per heavy atom. The first-order valence-corrected chi connectivity index (χ1v) is 6.71. The molecule has 0 heterocycles. The summed E-state index contributed by atoms with van der Waals surface area (Å²) in [6.07, 6.45) is -4.53. The molecule has 1 unspecified atom stereocenters.